The van der Waals surface area contributed by atoms with Gasteiger partial charge in [-0.1, -0.05) is 0 Å². The van der Waals surface area contributed by atoms with Crippen molar-refractivity contribution >= 4 is 0 Å². The van der Waals surface area contributed by atoms with Crippen LogP contribution in [0.2, 0.25) is 0 Å². The molecule has 0 aliphatic rings. The van der Waals surface area contributed by atoms with E-state index < -0.39 is 0 Å². The van der Waals surface area contributed by atoms with Crippen molar-refractivity contribution in [3.8, 4) is 0 Å². The van der Waals surface area contributed by atoms with Crippen molar-refractivity contribution in [3.63, 3.8) is 0 Å². The first kappa shape index (κ1) is 113. The molecule has 0 atom stereocenters. The van der Waals surface area contributed by atoms with Crippen molar-refractivity contribution < 1.29 is 436 Å². The van der Waals surface area contributed by atoms with Gasteiger partial charge in [-0.25, -0.2) is 0 Å². The zero-order chi connectivity index (χ0) is 0. The molecule has 64 valence electrons. The van der Waals surface area contributed by atoms with Crippen LogP contribution in [0.3, 0.4) is 0 Å². The van der Waals surface area contributed by atoms with Crippen LogP contribution in [-0.2, 0) is 0 Å². The Morgan fingerprint density at radius 3 is 0.133 bits per heavy atom. The molecule has 0 rings (SSSR count). The van der Waals surface area contributed by atoms with E-state index in [-0.39, 0.29) is 443 Å². The fourth-order valence-corrected chi connectivity index (χ4v) is 0. The summed E-state index contributed by atoms with van der Waals surface area (Å²) in [5.41, 5.74) is 0. The van der Waals surface area contributed by atoms with Gasteiger partial charge in [0.1, 0.15) is 0 Å². The average Bonchev–Trinajstić information content (AvgIpc) is 0. The van der Waals surface area contributed by atoms with Crippen molar-refractivity contribution in [3.05, 3.63) is 7.43 Å². The van der Waals surface area contributed by atoms with Gasteiger partial charge >= 0.3 is 0 Å². The van der Waals surface area contributed by atoms with Gasteiger partial charge in [0.15, 0.2) is 0 Å². The zero-order valence-electron chi connectivity index (χ0n) is 8.00. The second-order valence-electron chi connectivity index (χ2n) is 0. The number of hydrogen-bond acceptors (Lipinski definition) is 0. The van der Waals surface area contributed by atoms with Gasteiger partial charge in [-0.3, -0.25) is 0 Å². The van der Waals surface area contributed by atoms with Crippen molar-refractivity contribution in [2.75, 3.05) is 0 Å². The van der Waals surface area contributed by atoms with Crippen molar-refractivity contribution in [2.45, 2.75) is 0 Å². The molecular weight excluding hydrogens is 3340 g/mol. The summed E-state index contributed by atoms with van der Waals surface area (Å²) in [6, 6.07) is 0. The van der Waals surface area contributed by atoms with Crippen molar-refractivity contribution in [2.24, 2.45) is 0 Å². The quantitative estimate of drug-likeness (QED) is 0.310. The summed E-state index contributed by atoms with van der Waals surface area (Å²) in [5, 5.41) is 0. The van der Waals surface area contributed by atoms with Gasteiger partial charge in [-0.2, -0.15) is 0 Å². The summed E-state index contributed by atoms with van der Waals surface area (Å²) in [6.07, 6.45) is 0. The fraction of sp³-hybridized carbons (Fsp3) is 0. The van der Waals surface area contributed by atoms with Crippen LogP contribution in [0.1, 0.15) is 0 Å². The maximum absolute atomic E-state index is 0. The van der Waals surface area contributed by atoms with Crippen LogP contribution >= 0.6 is 0 Å². The van der Waals surface area contributed by atoms with E-state index >= 15 is 0 Å². The van der Waals surface area contributed by atoms with E-state index in [4.69, 9.17) is 0 Å². The molecule has 0 saturated heterocycles. The third kappa shape index (κ3) is 94.6. The van der Waals surface area contributed by atoms with E-state index in [9.17, 15) is 0 Å². The van der Waals surface area contributed by atoms with Gasteiger partial charge in [-0.05, 0) is 0 Å². The summed E-state index contributed by atoms with van der Waals surface area (Å²) < 4.78 is 0. The Balaban J connectivity index is 0. The Bertz CT molecular complexity index is 5.30. The van der Waals surface area contributed by atoms with E-state index in [1.165, 1.54) is 0 Å². The van der Waals surface area contributed by atoms with E-state index in [1.54, 1.807) is 0 Å². The number of rotatable bonds is 0. The molecule has 0 aliphatic heterocycles. The topological polar surface area (TPSA) is 0 Å². The molecule has 15 heavy (non-hydrogen) atoms. The first-order chi connectivity index (χ1) is 0. The van der Waals surface area contributed by atoms with Gasteiger partial charge in [0.05, 0.1) is 0 Å². The van der Waals surface area contributed by atoms with Crippen LogP contribution < -0.4 is 0 Å². The molecule has 0 aromatic rings. The average molecular weight is 3350 g/mol. The van der Waals surface area contributed by atoms with Crippen LogP contribution in [-0.4, -0.2) is 0 Å². The molecule has 14 heteroatoms. The molecule has 0 saturated carbocycles. The van der Waals surface area contributed by atoms with E-state index in [1.807, 2.05) is 0 Å². The molecule has 0 unspecified atom stereocenters. The first-order valence-corrected chi connectivity index (χ1v) is 0. The summed E-state index contributed by atoms with van der Waals surface area (Å²) >= 11 is 0. The minimum Gasteiger partial charge on any atom is -0.358 e. The van der Waals surface area contributed by atoms with Gasteiger partial charge in [0.2, 0.25) is 0 Å². The van der Waals surface area contributed by atoms with Gasteiger partial charge < -0.3 is 7.43 Å². The molecule has 0 spiro atoms. The largest absolute Gasteiger partial charge is 0.358 e. The second-order valence-corrected chi connectivity index (χ2v) is 0. The predicted octanol–water partition coefficient (Wildman–Crippen LogP) is 0.450. The summed E-state index contributed by atoms with van der Waals surface area (Å²) in [4.78, 5) is 0. The molecule has 0 aromatic carbocycles. The smallest absolute Gasteiger partial charge is 0 e. The molecule has 0 aliphatic carbocycles. The monoisotopic (exact) mass is 3350 g/mol. The van der Waals surface area contributed by atoms with Crippen LogP contribution in [0.25, 0.3) is 0 Å². The van der Waals surface area contributed by atoms with E-state index in [0.29, 0.717) is 0 Å². The van der Waals surface area contributed by atoms with E-state index in [0.717, 1.165) is 0 Å². The Morgan fingerprint density at radius 1 is 0.133 bits per heavy atom. The normalized spacial score (nSPS) is 0. The van der Waals surface area contributed by atoms with Crippen LogP contribution in [0, 0.1) is 443 Å². The summed E-state index contributed by atoms with van der Waals surface area (Å²) in [7, 11) is 0. The van der Waals surface area contributed by atoms with Gasteiger partial charge in [0.25, 0.3) is 0 Å². The van der Waals surface area contributed by atoms with Gasteiger partial charge in [-0.15, -0.1) is 0 Å². The minimum atomic E-state index is 0. The SMILES string of the molecule is [CH3-].[U].[U].[U].[U].[U].[U].[U].[U].[U].[U].[U].[U].[U].[U]. The molecule has 0 radical (unpaired) electrons. The molecule has 0 aromatic heterocycles. The zero-order valence-corrected chi connectivity index (χ0v) is 66.3. The Kier molecular flexibility index (Phi) is 768. The molecular formula is CH3U14-. The predicted molar refractivity (Wildman–Crippen MR) is 6.41 cm³/mol. The standard InChI is InChI=1S/CH3.14U/h1H3;;;;;;;;;;;;;;/q-1;;;;;;;;;;;;;;. The van der Waals surface area contributed by atoms with E-state index in [2.05, 4.69) is 0 Å². The van der Waals surface area contributed by atoms with Crippen LogP contribution in [0.15, 0.2) is 0 Å². The summed E-state index contributed by atoms with van der Waals surface area (Å²) in [5.74, 6) is 0. The Morgan fingerprint density at radius 2 is 0.133 bits per heavy atom. The maximum atomic E-state index is 0. The molecule has 0 N–H and O–H groups in total. The van der Waals surface area contributed by atoms with Gasteiger partial charge in [0, 0.05) is 436 Å². The Labute approximate surface area is 427 Å². The number of hydrogen-bond donors (Lipinski definition) is 0. The van der Waals surface area contributed by atoms with Crippen LogP contribution in [0.4, 0.5) is 0 Å². The summed E-state index contributed by atoms with van der Waals surface area (Å²) in [6.45, 7) is 0. The second kappa shape index (κ2) is 102. The van der Waals surface area contributed by atoms with Crippen molar-refractivity contribution in [1.82, 2.24) is 0 Å². The van der Waals surface area contributed by atoms with Crippen molar-refractivity contribution in [1.29, 1.82) is 0 Å². The molecule has 0 fully saturated rings. The molecule has 0 bridgehead atoms. The molecule has 0 amide bonds. The molecule has 0 heterocycles. The third-order valence-corrected chi connectivity index (χ3v) is 0. The molecule has 0 nitrogen and oxygen atoms in total. The third-order valence-electron chi connectivity index (χ3n) is 0. The van der Waals surface area contributed by atoms with Crippen LogP contribution in [0.5, 0.6) is 0 Å². The Hall–Kier alpha value is 14.7. The maximum Gasteiger partial charge on any atom is 0 e. The first-order valence-electron chi connectivity index (χ1n) is 0. The fourth-order valence-electron chi connectivity index (χ4n) is 0. The minimum absolute atomic E-state index is 0.